The maximum Gasteiger partial charge on any atom is 0.0441 e. The fourth-order valence-corrected chi connectivity index (χ4v) is 1.13. The molecule has 66 valence electrons. The van der Waals surface area contributed by atoms with E-state index in [2.05, 4.69) is 10.0 Å². The van der Waals surface area contributed by atoms with Gasteiger partial charge in [0.25, 0.3) is 0 Å². The number of benzene rings is 1. The molecule has 0 saturated heterocycles. The van der Waals surface area contributed by atoms with Crippen molar-refractivity contribution >= 4 is 11.6 Å². The third-order valence-corrected chi connectivity index (χ3v) is 1.89. The molecule has 13 heavy (non-hydrogen) atoms. The van der Waals surface area contributed by atoms with Crippen LogP contribution in [0.3, 0.4) is 0 Å². The molecular formula is C9H8ClN3. The summed E-state index contributed by atoms with van der Waals surface area (Å²) in [5.41, 5.74) is 9.02. The number of rotatable bonds is 3. The third kappa shape index (κ3) is 3.20. The third-order valence-electron chi connectivity index (χ3n) is 1.52. The van der Waals surface area contributed by atoms with E-state index in [9.17, 15) is 0 Å². The van der Waals surface area contributed by atoms with E-state index in [4.69, 9.17) is 17.1 Å². The Morgan fingerprint density at radius 2 is 2.23 bits per heavy atom. The lowest BCUT2D eigenvalue weighted by molar-refractivity contribution is 1.25. The molecule has 0 spiro atoms. The first-order valence-electron chi connectivity index (χ1n) is 3.77. The molecule has 0 aliphatic carbocycles. The lowest BCUT2D eigenvalue weighted by Gasteiger charge is -1.97. The van der Waals surface area contributed by atoms with E-state index in [-0.39, 0.29) is 0 Å². The molecule has 0 atom stereocenters. The Morgan fingerprint density at radius 1 is 1.46 bits per heavy atom. The van der Waals surface area contributed by atoms with Crippen LogP contribution in [-0.4, -0.2) is 0 Å². The Balaban J connectivity index is 2.64. The first-order chi connectivity index (χ1) is 6.34. The molecule has 0 fully saturated rings. The van der Waals surface area contributed by atoms with E-state index in [0.717, 1.165) is 10.6 Å². The predicted molar refractivity (Wildman–Crippen MR) is 53.4 cm³/mol. The predicted octanol–water partition coefficient (Wildman–Crippen LogP) is 3.71. The van der Waals surface area contributed by atoms with Crippen molar-refractivity contribution in [1.82, 2.24) is 0 Å². The summed E-state index contributed by atoms with van der Waals surface area (Å²) in [5.74, 6) is 0. The Kier molecular flexibility index (Phi) is 3.89. The summed E-state index contributed by atoms with van der Waals surface area (Å²) in [6, 6.07) is 7.56. The van der Waals surface area contributed by atoms with E-state index < -0.39 is 0 Å². The Hall–Kier alpha value is -1.44. The second kappa shape index (κ2) is 5.25. The van der Waals surface area contributed by atoms with Crippen LogP contribution in [0.15, 0.2) is 41.7 Å². The van der Waals surface area contributed by atoms with Crippen molar-refractivity contribution in [3.8, 4) is 0 Å². The molecule has 0 amide bonds. The second-order valence-corrected chi connectivity index (χ2v) is 2.79. The van der Waals surface area contributed by atoms with Gasteiger partial charge in [-0.05, 0) is 29.8 Å². The number of halogens is 1. The molecule has 1 rings (SSSR count). The van der Waals surface area contributed by atoms with Crippen LogP contribution in [0.4, 0.5) is 0 Å². The monoisotopic (exact) mass is 193 g/mol. The standard InChI is InChI=1S/C9H8ClN3/c10-9-6-2-1-4-8(9)5-3-7-12-13-11/h1-4,6-7H,5H2/b7-3+. The van der Waals surface area contributed by atoms with Gasteiger partial charge in [-0.3, -0.25) is 0 Å². The molecule has 1 aromatic rings. The van der Waals surface area contributed by atoms with Crippen molar-refractivity contribution in [1.29, 1.82) is 0 Å². The maximum absolute atomic E-state index is 8.00. The number of allylic oxidation sites excluding steroid dienone is 1. The highest BCUT2D eigenvalue weighted by Crippen LogP contribution is 2.15. The zero-order valence-corrected chi connectivity index (χ0v) is 7.65. The van der Waals surface area contributed by atoms with Crippen molar-refractivity contribution in [3.63, 3.8) is 0 Å². The minimum absolute atomic E-state index is 0.679. The van der Waals surface area contributed by atoms with Crippen molar-refractivity contribution in [2.75, 3.05) is 0 Å². The zero-order valence-electron chi connectivity index (χ0n) is 6.89. The first kappa shape index (κ1) is 9.65. The van der Waals surface area contributed by atoms with Crippen LogP contribution >= 0.6 is 11.6 Å². The Labute approximate surface area is 81.3 Å². The Bertz CT molecular complexity index is 354. The van der Waals surface area contributed by atoms with Gasteiger partial charge in [-0.2, -0.15) is 0 Å². The van der Waals surface area contributed by atoms with Crippen LogP contribution in [-0.2, 0) is 6.42 Å². The van der Waals surface area contributed by atoms with Crippen molar-refractivity contribution in [2.24, 2.45) is 5.11 Å². The SMILES string of the molecule is [N-]=[N+]=N/C=C/Cc1ccccc1Cl. The highest BCUT2D eigenvalue weighted by molar-refractivity contribution is 6.31. The molecule has 0 saturated carbocycles. The maximum atomic E-state index is 8.00. The number of hydrogen-bond donors (Lipinski definition) is 0. The summed E-state index contributed by atoms with van der Waals surface area (Å²) < 4.78 is 0. The average Bonchev–Trinajstić information content (AvgIpc) is 2.15. The van der Waals surface area contributed by atoms with E-state index in [0.29, 0.717) is 6.42 Å². The van der Waals surface area contributed by atoms with Gasteiger partial charge in [-0.1, -0.05) is 41.0 Å². The van der Waals surface area contributed by atoms with Crippen LogP contribution in [0.25, 0.3) is 10.4 Å². The highest BCUT2D eigenvalue weighted by Gasteiger charge is 1.93. The fourth-order valence-electron chi connectivity index (χ4n) is 0.921. The van der Waals surface area contributed by atoms with Crippen LogP contribution in [0, 0.1) is 0 Å². The average molecular weight is 194 g/mol. The molecule has 0 aliphatic heterocycles. The largest absolute Gasteiger partial charge is 0.0840 e. The molecule has 3 nitrogen and oxygen atoms in total. The van der Waals surface area contributed by atoms with E-state index in [1.54, 1.807) is 6.08 Å². The number of nitrogens with zero attached hydrogens (tertiary/aromatic N) is 3. The van der Waals surface area contributed by atoms with Crippen LogP contribution in [0.5, 0.6) is 0 Å². The normalized spacial score (nSPS) is 9.92. The molecule has 1 aromatic carbocycles. The summed E-state index contributed by atoms with van der Waals surface area (Å²) in [6.45, 7) is 0. The quantitative estimate of drug-likeness (QED) is 0.399. The van der Waals surface area contributed by atoms with Gasteiger partial charge in [0.15, 0.2) is 0 Å². The van der Waals surface area contributed by atoms with Crippen LogP contribution in [0.1, 0.15) is 5.56 Å². The lowest BCUT2D eigenvalue weighted by Crippen LogP contribution is -1.80. The minimum Gasteiger partial charge on any atom is -0.0840 e. The van der Waals surface area contributed by atoms with Crippen molar-refractivity contribution < 1.29 is 0 Å². The topological polar surface area (TPSA) is 48.8 Å². The van der Waals surface area contributed by atoms with Crippen LogP contribution < -0.4 is 0 Å². The van der Waals surface area contributed by atoms with Gasteiger partial charge in [0.05, 0.1) is 0 Å². The summed E-state index contributed by atoms with van der Waals surface area (Å²) in [5, 5.41) is 4.00. The van der Waals surface area contributed by atoms with Crippen molar-refractivity contribution in [3.05, 3.63) is 57.6 Å². The highest BCUT2D eigenvalue weighted by atomic mass is 35.5. The molecular weight excluding hydrogens is 186 g/mol. The van der Waals surface area contributed by atoms with Crippen LogP contribution in [0.2, 0.25) is 5.02 Å². The minimum atomic E-state index is 0.679. The van der Waals surface area contributed by atoms with E-state index in [1.807, 2.05) is 24.3 Å². The molecule has 0 unspecified atom stereocenters. The van der Waals surface area contributed by atoms with Gasteiger partial charge in [0.1, 0.15) is 0 Å². The Morgan fingerprint density at radius 3 is 2.92 bits per heavy atom. The second-order valence-electron chi connectivity index (χ2n) is 2.39. The van der Waals surface area contributed by atoms with Gasteiger partial charge in [-0.15, -0.1) is 0 Å². The molecule has 0 heterocycles. The zero-order chi connectivity index (χ0) is 9.52. The molecule has 0 aliphatic rings. The first-order valence-corrected chi connectivity index (χ1v) is 4.15. The molecule has 0 aromatic heterocycles. The van der Waals surface area contributed by atoms with Gasteiger partial charge >= 0.3 is 0 Å². The van der Waals surface area contributed by atoms with E-state index >= 15 is 0 Å². The van der Waals surface area contributed by atoms with Crippen molar-refractivity contribution in [2.45, 2.75) is 6.42 Å². The summed E-state index contributed by atoms with van der Waals surface area (Å²) in [4.78, 5) is 2.59. The van der Waals surface area contributed by atoms with Gasteiger partial charge in [0, 0.05) is 9.93 Å². The van der Waals surface area contributed by atoms with Gasteiger partial charge < -0.3 is 0 Å². The number of azide groups is 1. The summed E-state index contributed by atoms with van der Waals surface area (Å²) >= 11 is 5.90. The smallest absolute Gasteiger partial charge is 0.0441 e. The molecule has 0 bridgehead atoms. The molecule has 0 radical (unpaired) electrons. The van der Waals surface area contributed by atoms with Gasteiger partial charge in [0.2, 0.25) is 0 Å². The summed E-state index contributed by atoms with van der Waals surface area (Å²) in [6.07, 6.45) is 3.86. The summed E-state index contributed by atoms with van der Waals surface area (Å²) in [7, 11) is 0. The lowest BCUT2D eigenvalue weighted by atomic mass is 10.1. The molecule has 0 N–H and O–H groups in total. The number of hydrogen-bond acceptors (Lipinski definition) is 1. The fraction of sp³-hybridized carbons (Fsp3) is 0.111. The van der Waals surface area contributed by atoms with Gasteiger partial charge in [-0.25, -0.2) is 0 Å². The van der Waals surface area contributed by atoms with E-state index in [1.165, 1.54) is 6.20 Å². The molecule has 4 heteroatoms.